The maximum Gasteiger partial charge on any atom is 0.147 e. The van der Waals surface area contributed by atoms with Crippen molar-refractivity contribution in [2.45, 2.75) is 18.9 Å². The molecule has 0 aromatic carbocycles. The maximum absolute atomic E-state index is 9.28. The number of rotatable bonds is 2. The van der Waals surface area contributed by atoms with Crippen molar-refractivity contribution < 1.29 is 5.11 Å². The molecule has 0 saturated carbocycles. The van der Waals surface area contributed by atoms with Crippen LogP contribution in [0.4, 0.5) is 0 Å². The van der Waals surface area contributed by atoms with Gasteiger partial charge in [-0.25, -0.2) is 4.98 Å². The van der Waals surface area contributed by atoms with Crippen molar-refractivity contribution in [1.82, 2.24) is 4.98 Å². The monoisotopic (exact) mass is 169 g/mol. The first-order chi connectivity index (χ1) is 5.24. The quantitative estimate of drug-likeness (QED) is 0.689. The van der Waals surface area contributed by atoms with Crippen LogP contribution in [0.25, 0.3) is 0 Å². The lowest BCUT2D eigenvalue weighted by Crippen LogP contribution is -1.84. The van der Waals surface area contributed by atoms with Crippen LogP contribution < -0.4 is 0 Å². The Balaban J connectivity index is 2.93. The van der Waals surface area contributed by atoms with Gasteiger partial charge in [-0.05, 0) is 24.8 Å². The Kier molecular flexibility index (Phi) is 2.76. The van der Waals surface area contributed by atoms with Crippen LogP contribution in [0.1, 0.15) is 12.6 Å². The van der Waals surface area contributed by atoms with Gasteiger partial charge in [-0.2, -0.15) is 0 Å². The van der Waals surface area contributed by atoms with Crippen LogP contribution in [-0.2, 0) is 0 Å². The molecule has 2 nitrogen and oxygen atoms in total. The van der Waals surface area contributed by atoms with Crippen molar-refractivity contribution in [3.63, 3.8) is 0 Å². The average Bonchev–Trinajstić information content (AvgIpc) is 1.98. The molecule has 0 aliphatic heterocycles. The molecule has 0 aliphatic carbocycles. The summed E-state index contributed by atoms with van der Waals surface area (Å²) in [4.78, 5) is 4.18. The van der Waals surface area contributed by atoms with E-state index >= 15 is 0 Å². The molecule has 0 radical (unpaired) electrons. The molecule has 0 atom stereocenters. The molecule has 0 unspecified atom stereocenters. The van der Waals surface area contributed by atoms with Gasteiger partial charge >= 0.3 is 0 Å². The first kappa shape index (κ1) is 8.40. The van der Waals surface area contributed by atoms with Gasteiger partial charge in [-0.15, -0.1) is 11.8 Å². The molecule has 11 heavy (non-hydrogen) atoms. The van der Waals surface area contributed by atoms with E-state index in [2.05, 4.69) is 4.98 Å². The molecule has 0 amide bonds. The van der Waals surface area contributed by atoms with Crippen molar-refractivity contribution in [2.24, 2.45) is 0 Å². The van der Waals surface area contributed by atoms with Crippen molar-refractivity contribution in [3.8, 4) is 5.75 Å². The fourth-order valence-electron chi connectivity index (χ4n) is 0.768. The van der Waals surface area contributed by atoms with Gasteiger partial charge < -0.3 is 5.11 Å². The Morgan fingerprint density at radius 2 is 2.27 bits per heavy atom. The highest BCUT2D eigenvalue weighted by Gasteiger charge is 2.00. The summed E-state index contributed by atoms with van der Waals surface area (Å²) in [5.74, 6) is 1.21. The molecule has 1 aromatic heterocycles. The number of aromatic hydroxyl groups is 1. The Morgan fingerprint density at radius 3 is 2.91 bits per heavy atom. The van der Waals surface area contributed by atoms with Crippen LogP contribution in [-0.4, -0.2) is 15.8 Å². The Bertz CT molecular complexity index is 250. The zero-order chi connectivity index (χ0) is 8.27. The predicted octanol–water partition coefficient (Wildman–Crippen LogP) is 2.21. The maximum atomic E-state index is 9.28. The van der Waals surface area contributed by atoms with Gasteiger partial charge in [0.1, 0.15) is 10.8 Å². The van der Waals surface area contributed by atoms with E-state index in [-0.39, 0.29) is 5.75 Å². The molecule has 0 saturated heterocycles. The zero-order valence-electron chi connectivity index (χ0n) is 6.66. The Morgan fingerprint density at radius 1 is 1.55 bits per heavy atom. The summed E-state index contributed by atoms with van der Waals surface area (Å²) >= 11 is 1.55. The summed E-state index contributed by atoms with van der Waals surface area (Å²) in [5, 5.41) is 10.0. The molecule has 60 valence electrons. The van der Waals surface area contributed by atoms with E-state index in [4.69, 9.17) is 0 Å². The summed E-state index contributed by atoms with van der Waals surface area (Å²) in [5.41, 5.74) is 0.943. The summed E-state index contributed by atoms with van der Waals surface area (Å²) in [7, 11) is 0. The van der Waals surface area contributed by atoms with Gasteiger partial charge in [0.25, 0.3) is 0 Å². The van der Waals surface area contributed by atoms with Gasteiger partial charge in [0.2, 0.25) is 0 Å². The van der Waals surface area contributed by atoms with Gasteiger partial charge in [-0.3, -0.25) is 0 Å². The van der Waals surface area contributed by atoms with Crippen LogP contribution in [0.15, 0.2) is 17.2 Å². The van der Waals surface area contributed by atoms with Crippen molar-refractivity contribution >= 4 is 11.8 Å². The standard InChI is InChI=1S/C8H11NOS/c1-3-11-8-7(10)5-4-6(2)9-8/h4-5,10H,3H2,1-2H3. The summed E-state index contributed by atoms with van der Waals surface area (Å²) in [6.45, 7) is 3.95. The number of hydrogen-bond donors (Lipinski definition) is 1. The minimum Gasteiger partial charge on any atom is -0.505 e. The van der Waals surface area contributed by atoms with Crippen LogP contribution in [0.3, 0.4) is 0 Å². The summed E-state index contributed by atoms with van der Waals surface area (Å²) in [6.07, 6.45) is 0. The molecule has 1 rings (SSSR count). The summed E-state index contributed by atoms with van der Waals surface area (Å²) in [6, 6.07) is 3.48. The number of nitrogens with zero attached hydrogens (tertiary/aromatic N) is 1. The topological polar surface area (TPSA) is 33.1 Å². The largest absolute Gasteiger partial charge is 0.505 e. The third kappa shape index (κ3) is 2.12. The van der Waals surface area contributed by atoms with E-state index in [1.807, 2.05) is 13.8 Å². The van der Waals surface area contributed by atoms with E-state index in [1.165, 1.54) is 0 Å². The van der Waals surface area contributed by atoms with Crippen LogP contribution in [0.5, 0.6) is 5.75 Å². The van der Waals surface area contributed by atoms with E-state index < -0.39 is 0 Å². The third-order valence-corrected chi connectivity index (χ3v) is 2.12. The molecule has 1 aromatic rings. The Labute approximate surface area is 70.7 Å². The smallest absolute Gasteiger partial charge is 0.147 e. The average molecular weight is 169 g/mol. The molecular weight excluding hydrogens is 158 g/mol. The normalized spacial score (nSPS) is 10.0. The second-order valence-electron chi connectivity index (χ2n) is 2.21. The molecule has 0 spiro atoms. The SMILES string of the molecule is CCSc1nc(C)ccc1O. The van der Waals surface area contributed by atoms with E-state index in [0.717, 1.165) is 16.5 Å². The number of aromatic nitrogens is 1. The molecule has 3 heteroatoms. The molecule has 0 aliphatic rings. The minimum atomic E-state index is 0.280. The number of thioether (sulfide) groups is 1. The summed E-state index contributed by atoms with van der Waals surface area (Å²) < 4.78 is 0. The molecule has 1 heterocycles. The first-order valence-electron chi connectivity index (χ1n) is 3.53. The van der Waals surface area contributed by atoms with Crippen molar-refractivity contribution in [1.29, 1.82) is 0 Å². The lowest BCUT2D eigenvalue weighted by atomic mass is 10.4. The van der Waals surface area contributed by atoms with Crippen LogP contribution >= 0.6 is 11.8 Å². The fourth-order valence-corrected chi connectivity index (χ4v) is 1.47. The van der Waals surface area contributed by atoms with Crippen LogP contribution in [0.2, 0.25) is 0 Å². The highest BCUT2D eigenvalue weighted by Crippen LogP contribution is 2.25. The highest BCUT2D eigenvalue weighted by molar-refractivity contribution is 7.99. The highest BCUT2D eigenvalue weighted by atomic mass is 32.2. The third-order valence-electron chi connectivity index (χ3n) is 1.26. The van der Waals surface area contributed by atoms with Crippen molar-refractivity contribution in [2.75, 3.05) is 5.75 Å². The number of aryl methyl sites for hydroxylation is 1. The molecule has 0 fully saturated rings. The molecular formula is C8H11NOS. The zero-order valence-corrected chi connectivity index (χ0v) is 7.48. The predicted molar refractivity (Wildman–Crippen MR) is 47.0 cm³/mol. The van der Waals surface area contributed by atoms with Gasteiger partial charge in [0, 0.05) is 5.69 Å². The Hall–Kier alpha value is -0.700. The lowest BCUT2D eigenvalue weighted by Gasteiger charge is -2.01. The second-order valence-corrected chi connectivity index (χ2v) is 3.46. The fraction of sp³-hybridized carbons (Fsp3) is 0.375. The van der Waals surface area contributed by atoms with Crippen LogP contribution in [0, 0.1) is 6.92 Å². The van der Waals surface area contributed by atoms with Gasteiger partial charge in [-0.1, -0.05) is 6.92 Å². The van der Waals surface area contributed by atoms with E-state index in [9.17, 15) is 5.11 Å². The van der Waals surface area contributed by atoms with Crippen molar-refractivity contribution in [3.05, 3.63) is 17.8 Å². The first-order valence-corrected chi connectivity index (χ1v) is 4.52. The number of pyridine rings is 1. The van der Waals surface area contributed by atoms with Gasteiger partial charge in [0.05, 0.1) is 0 Å². The second kappa shape index (κ2) is 3.62. The lowest BCUT2D eigenvalue weighted by molar-refractivity contribution is 0.456. The van der Waals surface area contributed by atoms with E-state index in [1.54, 1.807) is 23.9 Å². The van der Waals surface area contributed by atoms with Gasteiger partial charge in [0.15, 0.2) is 0 Å². The molecule has 0 bridgehead atoms. The molecule has 1 N–H and O–H groups in total. The minimum absolute atomic E-state index is 0.280. The number of hydrogen-bond acceptors (Lipinski definition) is 3. The van der Waals surface area contributed by atoms with E-state index in [0.29, 0.717) is 0 Å².